The van der Waals surface area contributed by atoms with E-state index >= 15 is 0 Å². The molecule has 1 aliphatic carbocycles. The van der Waals surface area contributed by atoms with Gasteiger partial charge in [0.1, 0.15) is 5.78 Å². The van der Waals surface area contributed by atoms with Crippen molar-refractivity contribution in [1.82, 2.24) is 0 Å². The average molecular weight is 280 g/mol. The topological polar surface area (TPSA) is 26.3 Å². The van der Waals surface area contributed by atoms with Crippen LogP contribution in [0.15, 0.2) is 11.6 Å². The maximum Gasteiger partial charge on any atom is 0.142 e. The molecule has 0 aromatic rings. The molecule has 0 amide bonds. The van der Waals surface area contributed by atoms with Crippen molar-refractivity contribution in [3.8, 4) is 0 Å². The number of carbonyl (C=O) groups is 1. The molecule has 0 unspecified atom stereocenters. The summed E-state index contributed by atoms with van der Waals surface area (Å²) >= 11 is 0. The fourth-order valence-corrected chi connectivity index (χ4v) is 3.48. The summed E-state index contributed by atoms with van der Waals surface area (Å²) < 4.78 is 5.71. The Morgan fingerprint density at radius 2 is 2.10 bits per heavy atom. The lowest BCUT2D eigenvalue weighted by atomic mass is 9.68. The summed E-state index contributed by atoms with van der Waals surface area (Å²) in [6.07, 6.45) is 6.34. The normalized spacial score (nSPS) is 31.9. The largest absolute Gasteiger partial charge is 0.380 e. The van der Waals surface area contributed by atoms with Crippen LogP contribution in [0.1, 0.15) is 60.3 Å². The smallest absolute Gasteiger partial charge is 0.142 e. The lowest BCUT2D eigenvalue weighted by molar-refractivity contribution is -0.135. The summed E-state index contributed by atoms with van der Waals surface area (Å²) in [6.45, 7) is 11.0. The van der Waals surface area contributed by atoms with E-state index in [1.807, 2.05) is 0 Å². The summed E-state index contributed by atoms with van der Waals surface area (Å²) in [7, 11) is 1.75. The Balaban J connectivity index is 2.82. The highest BCUT2D eigenvalue weighted by Crippen LogP contribution is 2.38. The number of carbonyl (C=O) groups excluding carboxylic acids is 1. The Kier molecular flexibility index (Phi) is 6.94. The SMILES string of the molecule is CC[C@@H]1CC(=O)[C@@H](/C(C)=C/CCC(C)C)[C@H](OC)[C@@H]1C. The standard InChI is InChI=1S/C18H32O2/c1-7-15-11-16(19)17(18(20-6)14(15)5)13(4)10-8-9-12(2)3/h10,12,14-15,17-18H,7-9,11H2,1-6H3/b13-10+/t14-,15-,17-,18-/m1/s1. The zero-order valence-corrected chi connectivity index (χ0v) is 14.1. The molecule has 1 rings (SSSR count). The van der Waals surface area contributed by atoms with Crippen molar-refractivity contribution in [2.24, 2.45) is 23.7 Å². The Labute approximate surface area is 125 Å². The highest BCUT2D eigenvalue weighted by atomic mass is 16.5. The first-order chi connectivity index (χ1) is 9.42. The van der Waals surface area contributed by atoms with E-state index in [1.54, 1.807) is 7.11 Å². The second-order valence-electron chi connectivity index (χ2n) is 6.80. The fraction of sp³-hybridized carbons (Fsp3) is 0.833. The molecule has 4 atom stereocenters. The van der Waals surface area contributed by atoms with Gasteiger partial charge in [-0.3, -0.25) is 4.79 Å². The molecule has 20 heavy (non-hydrogen) atoms. The van der Waals surface area contributed by atoms with Crippen LogP contribution < -0.4 is 0 Å². The summed E-state index contributed by atoms with van der Waals surface area (Å²) in [5.74, 6) is 2.00. The molecule has 0 bridgehead atoms. The maximum absolute atomic E-state index is 12.5. The second kappa shape index (κ2) is 7.97. The van der Waals surface area contributed by atoms with Gasteiger partial charge in [-0.1, -0.05) is 45.8 Å². The summed E-state index contributed by atoms with van der Waals surface area (Å²) in [5.41, 5.74) is 1.21. The molecule has 0 heterocycles. The first-order valence-electron chi connectivity index (χ1n) is 8.14. The van der Waals surface area contributed by atoms with Gasteiger partial charge in [0.15, 0.2) is 0 Å². The number of Topliss-reactive ketones (excluding diaryl/α,β-unsaturated/α-hetero) is 1. The van der Waals surface area contributed by atoms with Crippen LogP contribution in [0.3, 0.4) is 0 Å². The Morgan fingerprint density at radius 3 is 2.60 bits per heavy atom. The van der Waals surface area contributed by atoms with Crippen LogP contribution >= 0.6 is 0 Å². The lowest BCUT2D eigenvalue weighted by Crippen LogP contribution is -2.44. The Morgan fingerprint density at radius 1 is 1.45 bits per heavy atom. The molecule has 116 valence electrons. The van der Waals surface area contributed by atoms with Crippen molar-refractivity contribution in [2.75, 3.05) is 7.11 Å². The van der Waals surface area contributed by atoms with Crippen LogP contribution in [0, 0.1) is 23.7 Å². The Hall–Kier alpha value is -0.630. The van der Waals surface area contributed by atoms with E-state index in [9.17, 15) is 4.79 Å². The van der Waals surface area contributed by atoms with E-state index in [-0.39, 0.29) is 12.0 Å². The highest BCUT2D eigenvalue weighted by molar-refractivity contribution is 5.85. The molecule has 1 fully saturated rings. The van der Waals surface area contributed by atoms with Crippen molar-refractivity contribution in [2.45, 2.75) is 66.4 Å². The van der Waals surface area contributed by atoms with Gasteiger partial charge in [-0.2, -0.15) is 0 Å². The van der Waals surface area contributed by atoms with Crippen molar-refractivity contribution >= 4 is 5.78 Å². The van der Waals surface area contributed by atoms with Gasteiger partial charge in [-0.25, -0.2) is 0 Å². The summed E-state index contributed by atoms with van der Waals surface area (Å²) in [6, 6.07) is 0. The van der Waals surface area contributed by atoms with E-state index in [1.165, 1.54) is 12.0 Å². The third-order valence-electron chi connectivity index (χ3n) is 4.90. The second-order valence-corrected chi connectivity index (χ2v) is 6.80. The van der Waals surface area contributed by atoms with Gasteiger partial charge in [0.25, 0.3) is 0 Å². The third-order valence-corrected chi connectivity index (χ3v) is 4.90. The van der Waals surface area contributed by atoms with E-state index in [4.69, 9.17) is 4.74 Å². The Bertz CT molecular complexity index is 343. The quantitative estimate of drug-likeness (QED) is 0.663. The highest BCUT2D eigenvalue weighted by Gasteiger charge is 2.41. The average Bonchev–Trinajstić information content (AvgIpc) is 2.39. The number of rotatable bonds is 6. The number of methoxy groups -OCH3 is 1. The van der Waals surface area contributed by atoms with Crippen LogP contribution in [0.5, 0.6) is 0 Å². The van der Waals surface area contributed by atoms with Gasteiger partial charge in [0.05, 0.1) is 12.0 Å². The first-order valence-corrected chi connectivity index (χ1v) is 8.14. The van der Waals surface area contributed by atoms with E-state index in [2.05, 4.69) is 40.7 Å². The molecule has 0 aromatic carbocycles. The number of hydrogen-bond donors (Lipinski definition) is 0. The molecule has 1 saturated carbocycles. The number of hydrogen-bond acceptors (Lipinski definition) is 2. The lowest BCUT2D eigenvalue weighted by Gasteiger charge is -2.40. The summed E-state index contributed by atoms with van der Waals surface area (Å²) in [5, 5.41) is 0. The van der Waals surface area contributed by atoms with Gasteiger partial charge in [0, 0.05) is 13.5 Å². The number of ether oxygens (including phenoxy) is 1. The molecule has 2 nitrogen and oxygen atoms in total. The minimum absolute atomic E-state index is 0.0232. The van der Waals surface area contributed by atoms with E-state index in [0.717, 1.165) is 19.3 Å². The fourth-order valence-electron chi connectivity index (χ4n) is 3.48. The molecule has 0 saturated heterocycles. The minimum Gasteiger partial charge on any atom is -0.380 e. The van der Waals surface area contributed by atoms with Crippen LogP contribution in [-0.4, -0.2) is 19.0 Å². The van der Waals surface area contributed by atoms with Crippen molar-refractivity contribution in [1.29, 1.82) is 0 Å². The maximum atomic E-state index is 12.5. The van der Waals surface area contributed by atoms with Crippen molar-refractivity contribution in [3.63, 3.8) is 0 Å². The third kappa shape index (κ3) is 4.18. The molecule has 0 radical (unpaired) electrons. The summed E-state index contributed by atoms with van der Waals surface area (Å²) in [4.78, 5) is 12.5. The molecule has 1 aliphatic rings. The van der Waals surface area contributed by atoms with Gasteiger partial charge in [0.2, 0.25) is 0 Å². The van der Waals surface area contributed by atoms with Gasteiger partial charge in [-0.05, 0) is 37.5 Å². The van der Waals surface area contributed by atoms with Crippen LogP contribution in [0.25, 0.3) is 0 Å². The van der Waals surface area contributed by atoms with Gasteiger partial charge in [-0.15, -0.1) is 0 Å². The van der Waals surface area contributed by atoms with Gasteiger partial charge < -0.3 is 4.74 Å². The number of ketones is 1. The molecule has 0 aromatic heterocycles. The van der Waals surface area contributed by atoms with Crippen LogP contribution in [0.2, 0.25) is 0 Å². The zero-order chi connectivity index (χ0) is 15.3. The molecule has 0 N–H and O–H groups in total. The van der Waals surface area contributed by atoms with Crippen molar-refractivity contribution in [3.05, 3.63) is 11.6 Å². The predicted molar refractivity (Wildman–Crippen MR) is 84.7 cm³/mol. The van der Waals surface area contributed by atoms with E-state index < -0.39 is 0 Å². The van der Waals surface area contributed by atoms with E-state index in [0.29, 0.717) is 23.5 Å². The predicted octanol–water partition coefficient (Wildman–Crippen LogP) is 4.64. The van der Waals surface area contributed by atoms with Crippen LogP contribution in [-0.2, 0) is 9.53 Å². The first kappa shape index (κ1) is 17.4. The monoisotopic (exact) mass is 280 g/mol. The minimum atomic E-state index is -0.0232. The van der Waals surface area contributed by atoms with Gasteiger partial charge >= 0.3 is 0 Å². The van der Waals surface area contributed by atoms with Crippen molar-refractivity contribution < 1.29 is 9.53 Å². The molecular formula is C18H32O2. The molecule has 0 spiro atoms. The number of allylic oxidation sites excluding steroid dienone is 1. The molecular weight excluding hydrogens is 248 g/mol. The van der Waals surface area contributed by atoms with Crippen LogP contribution in [0.4, 0.5) is 0 Å². The zero-order valence-electron chi connectivity index (χ0n) is 14.1. The molecule has 2 heteroatoms. The molecule has 0 aliphatic heterocycles.